The second kappa shape index (κ2) is 7.06. The molecule has 0 aromatic carbocycles. The van der Waals surface area contributed by atoms with Crippen molar-refractivity contribution in [1.29, 1.82) is 0 Å². The third-order valence-electron chi connectivity index (χ3n) is 5.03. The molecule has 0 spiro atoms. The Morgan fingerprint density at radius 3 is 2.44 bits per heavy atom. The first-order valence-electron chi connectivity index (χ1n) is 9.09. The molecule has 1 saturated heterocycles. The summed E-state index contributed by atoms with van der Waals surface area (Å²) in [6.07, 6.45) is 0.253. The molecule has 0 unspecified atom stereocenters. The van der Waals surface area contributed by atoms with E-state index < -0.39 is 11.9 Å². The summed E-state index contributed by atoms with van der Waals surface area (Å²) in [7, 11) is 0. The van der Waals surface area contributed by atoms with Gasteiger partial charge in [0.05, 0.1) is 6.54 Å². The molecular formula is C17H21F3N6O. The van der Waals surface area contributed by atoms with Gasteiger partial charge in [-0.05, 0) is 32.6 Å². The highest BCUT2D eigenvalue weighted by molar-refractivity contribution is 5.44. The molecule has 2 aromatic heterocycles. The summed E-state index contributed by atoms with van der Waals surface area (Å²) in [5, 5.41) is 3.80. The lowest BCUT2D eigenvalue weighted by Crippen LogP contribution is -2.46. The topological polar surface area (TPSA) is 71.2 Å². The van der Waals surface area contributed by atoms with E-state index in [2.05, 4.69) is 29.9 Å². The van der Waals surface area contributed by atoms with Crippen molar-refractivity contribution >= 4 is 5.82 Å². The Hall–Kier alpha value is -2.23. The van der Waals surface area contributed by atoms with E-state index in [-0.39, 0.29) is 12.1 Å². The molecule has 2 fully saturated rings. The number of rotatable bonds is 5. The van der Waals surface area contributed by atoms with Crippen molar-refractivity contribution in [2.24, 2.45) is 0 Å². The van der Waals surface area contributed by atoms with Gasteiger partial charge in [-0.25, -0.2) is 9.97 Å². The SMILES string of the molecule is Cc1noc(CN2CCC(N(c3cc(C(F)(F)F)ncn3)C3CC3)CC2)n1. The molecule has 0 radical (unpaired) electrons. The molecule has 0 amide bonds. The molecule has 1 aliphatic carbocycles. The number of hydrogen-bond donors (Lipinski definition) is 0. The quantitative estimate of drug-likeness (QED) is 0.787. The lowest BCUT2D eigenvalue weighted by molar-refractivity contribution is -0.141. The van der Waals surface area contributed by atoms with Crippen LogP contribution in [-0.2, 0) is 12.7 Å². The number of anilines is 1. The number of alkyl halides is 3. The fraction of sp³-hybridized carbons (Fsp3) is 0.647. The third-order valence-corrected chi connectivity index (χ3v) is 5.03. The zero-order valence-electron chi connectivity index (χ0n) is 15.0. The van der Waals surface area contributed by atoms with Crippen molar-refractivity contribution in [2.75, 3.05) is 18.0 Å². The molecule has 4 rings (SSSR count). The van der Waals surface area contributed by atoms with Gasteiger partial charge < -0.3 is 9.42 Å². The van der Waals surface area contributed by atoms with Gasteiger partial charge in [0.15, 0.2) is 5.82 Å². The minimum atomic E-state index is -4.46. The van der Waals surface area contributed by atoms with Crippen LogP contribution in [0.2, 0.25) is 0 Å². The van der Waals surface area contributed by atoms with Crippen molar-refractivity contribution in [3.8, 4) is 0 Å². The number of hydrogen-bond acceptors (Lipinski definition) is 7. The molecule has 146 valence electrons. The summed E-state index contributed by atoms with van der Waals surface area (Å²) in [6, 6.07) is 1.52. The van der Waals surface area contributed by atoms with Crippen LogP contribution in [0.3, 0.4) is 0 Å². The van der Waals surface area contributed by atoms with Crippen LogP contribution >= 0.6 is 0 Å². The Kier molecular flexibility index (Phi) is 4.75. The van der Waals surface area contributed by atoms with Crippen LogP contribution in [-0.4, -0.2) is 50.2 Å². The van der Waals surface area contributed by atoms with Crippen molar-refractivity contribution in [1.82, 2.24) is 25.0 Å². The molecule has 2 aliphatic rings. The fourth-order valence-electron chi connectivity index (χ4n) is 3.62. The van der Waals surface area contributed by atoms with Crippen molar-refractivity contribution < 1.29 is 17.7 Å². The molecule has 1 saturated carbocycles. The first kappa shape index (κ1) is 18.1. The molecule has 3 heterocycles. The van der Waals surface area contributed by atoms with Gasteiger partial charge in [-0.3, -0.25) is 4.90 Å². The standard InChI is InChI=1S/C17H21F3N6O/c1-11-23-16(27-24-11)9-25-6-4-13(5-7-25)26(12-2-3-12)15-8-14(17(18,19)20)21-10-22-15/h8,10,12-13H,2-7,9H2,1H3. The van der Waals surface area contributed by atoms with Crippen LogP contribution < -0.4 is 4.90 Å². The Balaban J connectivity index is 1.44. The summed E-state index contributed by atoms with van der Waals surface area (Å²) in [6.45, 7) is 4.03. The van der Waals surface area contributed by atoms with Gasteiger partial charge >= 0.3 is 6.18 Å². The van der Waals surface area contributed by atoms with E-state index in [1.807, 2.05) is 0 Å². The van der Waals surface area contributed by atoms with E-state index in [1.54, 1.807) is 6.92 Å². The lowest BCUT2D eigenvalue weighted by Gasteiger charge is -2.39. The van der Waals surface area contributed by atoms with Gasteiger partial charge in [0.25, 0.3) is 0 Å². The largest absolute Gasteiger partial charge is 0.433 e. The third kappa shape index (κ3) is 4.20. The fourth-order valence-corrected chi connectivity index (χ4v) is 3.62. The average molecular weight is 382 g/mol. The first-order chi connectivity index (χ1) is 12.9. The monoisotopic (exact) mass is 382 g/mol. The number of aryl methyl sites for hydroxylation is 1. The van der Waals surface area contributed by atoms with E-state index in [4.69, 9.17) is 4.52 Å². The summed E-state index contributed by atoms with van der Waals surface area (Å²) < 4.78 is 44.2. The molecular weight excluding hydrogens is 361 g/mol. The van der Waals surface area contributed by atoms with E-state index in [0.717, 1.165) is 51.2 Å². The van der Waals surface area contributed by atoms with E-state index in [9.17, 15) is 13.2 Å². The van der Waals surface area contributed by atoms with Crippen LogP contribution in [0.1, 0.15) is 43.1 Å². The number of likely N-dealkylation sites (tertiary alicyclic amines) is 1. The van der Waals surface area contributed by atoms with Gasteiger partial charge in [-0.15, -0.1) is 0 Å². The first-order valence-corrected chi connectivity index (χ1v) is 9.09. The number of piperidine rings is 1. The highest BCUT2D eigenvalue weighted by Crippen LogP contribution is 2.37. The van der Waals surface area contributed by atoms with Gasteiger partial charge in [0.1, 0.15) is 17.8 Å². The van der Waals surface area contributed by atoms with Gasteiger partial charge in [-0.2, -0.15) is 18.2 Å². The van der Waals surface area contributed by atoms with Gasteiger partial charge in [0.2, 0.25) is 5.89 Å². The Morgan fingerprint density at radius 2 is 1.85 bits per heavy atom. The Labute approximate surface area is 154 Å². The van der Waals surface area contributed by atoms with Crippen LogP contribution in [0.5, 0.6) is 0 Å². The second-order valence-corrected chi connectivity index (χ2v) is 7.14. The minimum absolute atomic E-state index is 0.175. The molecule has 0 bridgehead atoms. The second-order valence-electron chi connectivity index (χ2n) is 7.14. The summed E-state index contributed by atoms with van der Waals surface area (Å²) >= 11 is 0. The predicted molar refractivity (Wildman–Crippen MR) is 89.9 cm³/mol. The van der Waals surface area contributed by atoms with Crippen LogP contribution in [0, 0.1) is 6.92 Å². The molecule has 7 nitrogen and oxygen atoms in total. The number of nitrogens with zero attached hydrogens (tertiary/aromatic N) is 6. The van der Waals surface area contributed by atoms with Crippen molar-refractivity contribution in [2.45, 2.75) is 57.4 Å². The smallest absolute Gasteiger partial charge is 0.350 e. The van der Waals surface area contributed by atoms with E-state index in [1.165, 1.54) is 0 Å². The zero-order valence-corrected chi connectivity index (χ0v) is 15.0. The Bertz CT molecular complexity index is 783. The summed E-state index contributed by atoms with van der Waals surface area (Å²) in [5.41, 5.74) is -0.887. The van der Waals surface area contributed by atoms with Gasteiger partial charge in [-0.1, -0.05) is 5.16 Å². The highest BCUT2D eigenvalue weighted by atomic mass is 19.4. The van der Waals surface area contributed by atoms with E-state index in [0.29, 0.717) is 24.1 Å². The summed E-state index contributed by atoms with van der Waals surface area (Å²) in [4.78, 5) is 16.1. The molecule has 0 atom stereocenters. The Morgan fingerprint density at radius 1 is 1.15 bits per heavy atom. The molecule has 27 heavy (non-hydrogen) atoms. The van der Waals surface area contributed by atoms with Crippen LogP contribution in [0.15, 0.2) is 16.9 Å². The molecule has 1 aliphatic heterocycles. The van der Waals surface area contributed by atoms with Crippen LogP contribution in [0.25, 0.3) is 0 Å². The maximum absolute atomic E-state index is 13.0. The number of halogens is 3. The maximum atomic E-state index is 13.0. The summed E-state index contributed by atoms with van der Waals surface area (Å²) in [5.74, 6) is 1.59. The average Bonchev–Trinajstić information content (AvgIpc) is 3.38. The van der Waals surface area contributed by atoms with E-state index >= 15 is 0 Å². The molecule has 2 aromatic rings. The highest BCUT2D eigenvalue weighted by Gasteiger charge is 2.39. The van der Waals surface area contributed by atoms with Crippen LogP contribution in [0.4, 0.5) is 19.0 Å². The molecule has 10 heteroatoms. The minimum Gasteiger partial charge on any atom is -0.350 e. The lowest BCUT2D eigenvalue weighted by atomic mass is 10.0. The predicted octanol–water partition coefficient (Wildman–Crippen LogP) is 2.82. The molecule has 0 N–H and O–H groups in total. The normalized spacial score (nSPS) is 19.4. The zero-order chi connectivity index (χ0) is 19.0. The van der Waals surface area contributed by atoms with Crippen molar-refractivity contribution in [3.63, 3.8) is 0 Å². The number of aromatic nitrogens is 4. The van der Waals surface area contributed by atoms with Crippen molar-refractivity contribution in [3.05, 3.63) is 29.8 Å². The maximum Gasteiger partial charge on any atom is 0.433 e. The van der Waals surface area contributed by atoms with Gasteiger partial charge in [0, 0.05) is 31.2 Å².